The average molecular weight is 315 g/mol. The van der Waals surface area contributed by atoms with Crippen molar-refractivity contribution in [2.75, 3.05) is 5.32 Å². The van der Waals surface area contributed by atoms with Crippen molar-refractivity contribution in [3.05, 3.63) is 28.7 Å². The number of urea groups is 1. The monoisotopic (exact) mass is 314 g/mol. The lowest BCUT2D eigenvalue weighted by Crippen LogP contribution is -2.42. The molecule has 0 aromatic heterocycles. The first-order valence-electron chi connectivity index (χ1n) is 5.46. The second-order valence-corrected chi connectivity index (χ2v) is 4.85. The second kappa shape index (κ2) is 6.39. The molecule has 1 aromatic carbocycles. The van der Waals surface area contributed by atoms with Crippen molar-refractivity contribution in [1.82, 2.24) is 5.32 Å². The molecule has 5 nitrogen and oxygen atoms in total. The van der Waals surface area contributed by atoms with Crippen LogP contribution in [0.3, 0.4) is 0 Å². The number of carboxylic acid groups (broad SMARTS) is 1. The molecule has 0 aliphatic rings. The Kier molecular flexibility index (Phi) is 5.15. The Bertz CT molecular complexity index is 451. The summed E-state index contributed by atoms with van der Waals surface area (Å²) in [5.41, 5.74) is 0.630. The Morgan fingerprint density at radius 1 is 1.28 bits per heavy atom. The average Bonchev–Trinajstić information content (AvgIpc) is 2.30. The van der Waals surface area contributed by atoms with E-state index in [0.717, 1.165) is 4.47 Å². The number of amides is 2. The third-order valence-electron chi connectivity index (χ3n) is 2.62. The number of hydrogen-bond donors (Lipinski definition) is 3. The minimum Gasteiger partial charge on any atom is -0.481 e. The number of carboxylic acids is 1. The Balaban J connectivity index is 2.57. The molecule has 1 aromatic rings. The predicted molar refractivity (Wildman–Crippen MR) is 72.6 cm³/mol. The molecule has 0 heterocycles. The lowest BCUT2D eigenvalue weighted by molar-refractivity contribution is -0.141. The van der Waals surface area contributed by atoms with Gasteiger partial charge in [0.05, 0.1) is 11.6 Å². The van der Waals surface area contributed by atoms with Gasteiger partial charge in [-0.2, -0.15) is 0 Å². The van der Waals surface area contributed by atoms with Crippen LogP contribution < -0.4 is 10.6 Å². The Hall–Kier alpha value is -1.56. The van der Waals surface area contributed by atoms with Gasteiger partial charge in [0.15, 0.2) is 0 Å². The Labute approximate surface area is 114 Å². The van der Waals surface area contributed by atoms with Crippen LogP contribution in [0, 0.1) is 5.92 Å². The maximum absolute atomic E-state index is 11.7. The van der Waals surface area contributed by atoms with Gasteiger partial charge in [-0.25, -0.2) is 4.79 Å². The smallest absolute Gasteiger partial charge is 0.319 e. The summed E-state index contributed by atoms with van der Waals surface area (Å²) in [6, 6.07) is 6.30. The van der Waals surface area contributed by atoms with Gasteiger partial charge in [-0.3, -0.25) is 4.79 Å². The van der Waals surface area contributed by atoms with Crippen molar-refractivity contribution < 1.29 is 14.7 Å². The highest BCUT2D eigenvalue weighted by Gasteiger charge is 2.20. The zero-order valence-corrected chi connectivity index (χ0v) is 11.7. The first-order chi connectivity index (χ1) is 8.41. The summed E-state index contributed by atoms with van der Waals surface area (Å²) < 4.78 is 0.763. The van der Waals surface area contributed by atoms with Crippen LogP contribution in [0.2, 0.25) is 0 Å². The van der Waals surface area contributed by atoms with Crippen molar-refractivity contribution >= 4 is 33.6 Å². The molecule has 0 bridgehead atoms. The van der Waals surface area contributed by atoms with Gasteiger partial charge in [-0.05, 0) is 41.9 Å². The number of halogens is 1. The van der Waals surface area contributed by atoms with Gasteiger partial charge in [-0.1, -0.05) is 12.1 Å². The van der Waals surface area contributed by atoms with Crippen molar-refractivity contribution in [2.45, 2.75) is 19.9 Å². The van der Waals surface area contributed by atoms with Gasteiger partial charge in [0.25, 0.3) is 0 Å². The van der Waals surface area contributed by atoms with E-state index in [0.29, 0.717) is 5.69 Å². The molecular formula is C12H15BrN2O3. The lowest BCUT2D eigenvalue weighted by Gasteiger charge is -2.18. The Morgan fingerprint density at radius 3 is 2.44 bits per heavy atom. The van der Waals surface area contributed by atoms with Gasteiger partial charge in [-0.15, -0.1) is 0 Å². The summed E-state index contributed by atoms with van der Waals surface area (Å²) in [4.78, 5) is 22.4. The number of hydrogen-bond acceptors (Lipinski definition) is 2. The predicted octanol–water partition coefficient (Wildman–Crippen LogP) is 2.68. The van der Waals surface area contributed by atoms with E-state index in [-0.39, 0.29) is 0 Å². The van der Waals surface area contributed by atoms with Crippen molar-refractivity contribution in [3.8, 4) is 0 Å². The number of para-hydroxylation sites is 1. The summed E-state index contributed by atoms with van der Waals surface area (Å²) in [5, 5.41) is 14.0. The molecular weight excluding hydrogens is 300 g/mol. The topological polar surface area (TPSA) is 78.4 Å². The highest BCUT2D eigenvalue weighted by atomic mass is 79.9. The molecule has 0 spiro atoms. The second-order valence-electron chi connectivity index (χ2n) is 3.99. The summed E-state index contributed by atoms with van der Waals surface area (Å²) in [7, 11) is 0. The third kappa shape index (κ3) is 4.03. The van der Waals surface area contributed by atoms with Gasteiger partial charge in [0, 0.05) is 10.5 Å². The first kappa shape index (κ1) is 14.5. The van der Waals surface area contributed by atoms with E-state index < -0.39 is 24.0 Å². The molecule has 18 heavy (non-hydrogen) atoms. The normalized spacial score (nSPS) is 13.5. The number of nitrogens with one attached hydrogen (secondary N) is 2. The highest BCUT2D eigenvalue weighted by molar-refractivity contribution is 9.10. The maximum atomic E-state index is 11.7. The molecule has 1 rings (SSSR count). The molecule has 2 amide bonds. The summed E-state index contributed by atoms with van der Waals surface area (Å²) in [6.45, 7) is 3.20. The van der Waals surface area contributed by atoms with Crippen LogP contribution in [0.25, 0.3) is 0 Å². The van der Waals surface area contributed by atoms with Crippen molar-refractivity contribution in [3.63, 3.8) is 0 Å². The molecule has 0 aliphatic carbocycles. The zero-order valence-electron chi connectivity index (χ0n) is 10.1. The summed E-state index contributed by atoms with van der Waals surface area (Å²) in [5.74, 6) is -1.58. The van der Waals surface area contributed by atoms with Crippen molar-refractivity contribution in [1.29, 1.82) is 0 Å². The van der Waals surface area contributed by atoms with E-state index in [4.69, 9.17) is 5.11 Å². The van der Waals surface area contributed by atoms with Gasteiger partial charge in [0.2, 0.25) is 0 Å². The van der Waals surface area contributed by atoms with Crippen LogP contribution in [0.1, 0.15) is 13.8 Å². The molecule has 0 aliphatic heterocycles. The van der Waals surface area contributed by atoms with Crippen LogP contribution in [0.15, 0.2) is 28.7 Å². The molecule has 98 valence electrons. The molecule has 2 unspecified atom stereocenters. The molecule has 6 heteroatoms. The number of anilines is 1. The first-order valence-corrected chi connectivity index (χ1v) is 6.26. The van der Waals surface area contributed by atoms with Crippen LogP contribution in [-0.4, -0.2) is 23.1 Å². The standard InChI is InChI=1S/C12H15BrN2O3/c1-7(11(16)17)8(2)14-12(18)15-10-6-4-3-5-9(10)13/h3-8H,1-2H3,(H,16,17)(H2,14,15,18). The fraction of sp³-hybridized carbons (Fsp3) is 0.333. The molecule has 2 atom stereocenters. The van der Waals surface area contributed by atoms with Gasteiger partial charge >= 0.3 is 12.0 Å². The van der Waals surface area contributed by atoms with Gasteiger partial charge < -0.3 is 15.7 Å². The van der Waals surface area contributed by atoms with Crippen LogP contribution >= 0.6 is 15.9 Å². The molecule has 0 fully saturated rings. The number of rotatable bonds is 4. The number of aliphatic carboxylic acids is 1. The minimum atomic E-state index is -0.941. The van der Waals surface area contributed by atoms with Crippen LogP contribution in [0.5, 0.6) is 0 Å². The fourth-order valence-electron chi connectivity index (χ4n) is 1.27. The fourth-order valence-corrected chi connectivity index (χ4v) is 1.65. The third-order valence-corrected chi connectivity index (χ3v) is 3.31. The summed E-state index contributed by atoms with van der Waals surface area (Å²) >= 11 is 3.31. The van der Waals surface area contributed by atoms with E-state index in [9.17, 15) is 9.59 Å². The summed E-state index contributed by atoms with van der Waals surface area (Å²) in [6.07, 6.45) is 0. The Morgan fingerprint density at radius 2 is 1.89 bits per heavy atom. The molecule has 0 radical (unpaired) electrons. The quantitative estimate of drug-likeness (QED) is 0.799. The van der Waals surface area contributed by atoms with E-state index in [1.807, 2.05) is 6.07 Å². The SMILES string of the molecule is CC(NC(=O)Nc1ccccc1Br)C(C)C(=O)O. The minimum absolute atomic E-state index is 0.428. The van der Waals surface area contributed by atoms with Crippen LogP contribution in [-0.2, 0) is 4.79 Å². The van der Waals surface area contributed by atoms with Gasteiger partial charge in [0.1, 0.15) is 0 Å². The van der Waals surface area contributed by atoms with E-state index in [1.165, 1.54) is 0 Å². The van der Waals surface area contributed by atoms with E-state index >= 15 is 0 Å². The maximum Gasteiger partial charge on any atom is 0.319 e. The largest absolute Gasteiger partial charge is 0.481 e. The zero-order chi connectivity index (χ0) is 13.7. The molecule has 0 saturated heterocycles. The van der Waals surface area contributed by atoms with Crippen molar-refractivity contribution in [2.24, 2.45) is 5.92 Å². The molecule has 3 N–H and O–H groups in total. The highest BCUT2D eigenvalue weighted by Crippen LogP contribution is 2.20. The number of carbonyl (C=O) groups is 2. The lowest BCUT2D eigenvalue weighted by atomic mass is 10.0. The van der Waals surface area contributed by atoms with E-state index in [1.54, 1.807) is 32.0 Å². The molecule has 0 saturated carbocycles. The number of benzene rings is 1. The van der Waals surface area contributed by atoms with Crippen LogP contribution in [0.4, 0.5) is 10.5 Å². The number of carbonyl (C=O) groups excluding carboxylic acids is 1. The van der Waals surface area contributed by atoms with E-state index in [2.05, 4.69) is 26.6 Å².